The van der Waals surface area contributed by atoms with E-state index in [0.29, 0.717) is 18.3 Å². The van der Waals surface area contributed by atoms with Crippen molar-refractivity contribution >= 4 is 5.91 Å². The Morgan fingerprint density at radius 3 is 2.89 bits per heavy atom. The third kappa shape index (κ3) is 3.92. The number of carbonyl (C=O) groups excluding carboxylic acids is 1. The summed E-state index contributed by atoms with van der Waals surface area (Å²) in [4.78, 5) is 11.4. The first kappa shape index (κ1) is 13.8. The molecule has 4 nitrogen and oxygen atoms in total. The molecule has 2 N–H and O–H groups in total. The lowest BCUT2D eigenvalue weighted by Crippen LogP contribution is -2.34. The van der Waals surface area contributed by atoms with E-state index in [1.54, 1.807) is 20.0 Å². The molecular weight excluding hydrogens is 247 g/mol. The van der Waals surface area contributed by atoms with E-state index >= 15 is 0 Å². The van der Waals surface area contributed by atoms with Gasteiger partial charge in [0, 0.05) is 25.2 Å². The number of ether oxygens (including phenoxy) is 1. The van der Waals surface area contributed by atoms with Crippen molar-refractivity contribution in [3.8, 4) is 5.75 Å². The molecular formula is C14H19FN2O2. The third-order valence-corrected chi connectivity index (χ3v) is 3.10. The van der Waals surface area contributed by atoms with Gasteiger partial charge < -0.3 is 15.4 Å². The van der Waals surface area contributed by atoms with E-state index in [1.807, 2.05) is 0 Å². The number of hydrogen-bond donors (Lipinski definition) is 2. The monoisotopic (exact) mass is 266 g/mol. The first-order valence-electron chi connectivity index (χ1n) is 6.50. The molecule has 1 aromatic rings. The number of halogens is 1. The van der Waals surface area contributed by atoms with Crippen LogP contribution in [-0.2, 0) is 11.3 Å². The number of nitrogens with one attached hydrogen (secondary N) is 2. The fraction of sp³-hybridized carbons (Fsp3) is 0.500. The zero-order valence-corrected chi connectivity index (χ0v) is 11.2. The van der Waals surface area contributed by atoms with E-state index in [0.717, 1.165) is 5.56 Å². The molecule has 1 amide bonds. The van der Waals surface area contributed by atoms with Crippen LogP contribution in [0.4, 0.5) is 4.39 Å². The zero-order valence-electron chi connectivity index (χ0n) is 11.2. The number of hydrogen-bond acceptors (Lipinski definition) is 3. The molecule has 1 aromatic carbocycles. The van der Waals surface area contributed by atoms with Gasteiger partial charge >= 0.3 is 0 Å². The second-order valence-corrected chi connectivity index (χ2v) is 4.78. The van der Waals surface area contributed by atoms with Gasteiger partial charge in [-0.2, -0.15) is 0 Å². The number of rotatable bonds is 6. The van der Waals surface area contributed by atoms with E-state index in [2.05, 4.69) is 10.6 Å². The van der Waals surface area contributed by atoms with Gasteiger partial charge in [0.05, 0.1) is 0 Å². The Bertz CT molecular complexity index is 461. The summed E-state index contributed by atoms with van der Waals surface area (Å²) in [7, 11) is 1.56. The molecule has 1 atom stereocenters. The van der Waals surface area contributed by atoms with Crippen LogP contribution in [0.1, 0.15) is 25.3 Å². The van der Waals surface area contributed by atoms with Crippen molar-refractivity contribution in [1.29, 1.82) is 0 Å². The molecule has 0 spiro atoms. The van der Waals surface area contributed by atoms with Gasteiger partial charge in [0.1, 0.15) is 11.6 Å². The SMILES string of the molecule is CNC(=O)C(C)Oc1ccc(F)cc1CNC1CC1. The van der Waals surface area contributed by atoms with Crippen LogP contribution in [0.5, 0.6) is 5.75 Å². The van der Waals surface area contributed by atoms with Crippen molar-refractivity contribution in [2.75, 3.05) is 7.05 Å². The second-order valence-electron chi connectivity index (χ2n) is 4.78. The lowest BCUT2D eigenvalue weighted by Gasteiger charge is -2.16. The summed E-state index contributed by atoms with van der Waals surface area (Å²) in [5.74, 6) is 0.0450. The zero-order chi connectivity index (χ0) is 13.8. The van der Waals surface area contributed by atoms with Crippen molar-refractivity contribution in [2.45, 2.75) is 38.5 Å². The fourth-order valence-corrected chi connectivity index (χ4v) is 1.79. The molecule has 1 aliphatic rings. The van der Waals surface area contributed by atoms with E-state index in [9.17, 15) is 9.18 Å². The second kappa shape index (κ2) is 6.02. The summed E-state index contributed by atoms with van der Waals surface area (Å²) < 4.78 is 18.9. The molecule has 2 rings (SSSR count). The Labute approximate surface area is 112 Å². The molecule has 1 fully saturated rings. The van der Waals surface area contributed by atoms with Crippen LogP contribution in [-0.4, -0.2) is 25.1 Å². The minimum atomic E-state index is -0.602. The molecule has 0 heterocycles. The maximum Gasteiger partial charge on any atom is 0.260 e. The van der Waals surface area contributed by atoms with Crippen molar-refractivity contribution in [1.82, 2.24) is 10.6 Å². The van der Waals surface area contributed by atoms with Gasteiger partial charge in [0.25, 0.3) is 5.91 Å². The van der Waals surface area contributed by atoms with Crippen LogP contribution in [0.2, 0.25) is 0 Å². The summed E-state index contributed by atoms with van der Waals surface area (Å²) >= 11 is 0. The summed E-state index contributed by atoms with van der Waals surface area (Å²) in [6, 6.07) is 4.89. The van der Waals surface area contributed by atoms with Crippen molar-refractivity contribution in [3.63, 3.8) is 0 Å². The molecule has 0 aliphatic heterocycles. The predicted molar refractivity (Wildman–Crippen MR) is 70.4 cm³/mol. The molecule has 1 aliphatic carbocycles. The molecule has 0 aromatic heterocycles. The molecule has 0 bridgehead atoms. The van der Waals surface area contributed by atoms with E-state index < -0.39 is 6.10 Å². The minimum absolute atomic E-state index is 0.203. The minimum Gasteiger partial charge on any atom is -0.481 e. The van der Waals surface area contributed by atoms with Crippen LogP contribution in [0.15, 0.2) is 18.2 Å². The Morgan fingerprint density at radius 2 is 2.26 bits per heavy atom. The highest BCUT2D eigenvalue weighted by Crippen LogP contribution is 2.24. The van der Waals surface area contributed by atoms with Gasteiger partial charge in [-0.25, -0.2) is 4.39 Å². The Hall–Kier alpha value is -1.62. The third-order valence-electron chi connectivity index (χ3n) is 3.10. The van der Waals surface area contributed by atoms with E-state index in [1.165, 1.54) is 25.0 Å². The molecule has 0 radical (unpaired) electrons. The molecule has 5 heteroatoms. The van der Waals surface area contributed by atoms with Gasteiger partial charge in [0.15, 0.2) is 6.10 Å². The van der Waals surface area contributed by atoms with Crippen LogP contribution >= 0.6 is 0 Å². The number of benzene rings is 1. The average molecular weight is 266 g/mol. The highest BCUT2D eigenvalue weighted by Gasteiger charge is 2.21. The highest BCUT2D eigenvalue weighted by molar-refractivity contribution is 5.80. The van der Waals surface area contributed by atoms with Crippen LogP contribution in [0, 0.1) is 5.82 Å². The van der Waals surface area contributed by atoms with Crippen LogP contribution in [0.3, 0.4) is 0 Å². The Morgan fingerprint density at radius 1 is 1.53 bits per heavy atom. The van der Waals surface area contributed by atoms with Crippen molar-refractivity contribution < 1.29 is 13.9 Å². The molecule has 1 saturated carbocycles. The quantitative estimate of drug-likeness (QED) is 0.822. The maximum atomic E-state index is 13.3. The lowest BCUT2D eigenvalue weighted by molar-refractivity contribution is -0.126. The van der Waals surface area contributed by atoms with Crippen LogP contribution in [0.25, 0.3) is 0 Å². The van der Waals surface area contributed by atoms with Gasteiger partial charge in [-0.3, -0.25) is 4.79 Å². The maximum absolute atomic E-state index is 13.3. The summed E-state index contributed by atoms with van der Waals surface area (Å²) in [6.45, 7) is 2.22. The van der Waals surface area contributed by atoms with Gasteiger partial charge in [-0.15, -0.1) is 0 Å². The topological polar surface area (TPSA) is 50.4 Å². The van der Waals surface area contributed by atoms with Crippen LogP contribution < -0.4 is 15.4 Å². The smallest absolute Gasteiger partial charge is 0.260 e. The summed E-state index contributed by atoms with van der Waals surface area (Å²) in [5, 5.41) is 5.83. The average Bonchev–Trinajstić information content (AvgIpc) is 3.22. The summed E-state index contributed by atoms with van der Waals surface area (Å²) in [6.07, 6.45) is 1.73. The van der Waals surface area contributed by atoms with Gasteiger partial charge in [-0.05, 0) is 38.0 Å². The fourth-order valence-electron chi connectivity index (χ4n) is 1.79. The first-order valence-corrected chi connectivity index (χ1v) is 6.50. The first-order chi connectivity index (χ1) is 9.10. The number of amides is 1. The molecule has 19 heavy (non-hydrogen) atoms. The van der Waals surface area contributed by atoms with E-state index in [-0.39, 0.29) is 11.7 Å². The van der Waals surface area contributed by atoms with Crippen molar-refractivity contribution in [3.05, 3.63) is 29.6 Å². The van der Waals surface area contributed by atoms with Crippen molar-refractivity contribution in [2.24, 2.45) is 0 Å². The summed E-state index contributed by atoms with van der Waals surface area (Å²) in [5.41, 5.74) is 0.739. The molecule has 0 saturated heterocycles. The largest absolute Gasteiger partial charge is 0.481 e. The molecule has 1 unspecified atom stereocenters. The lowest BCUT2D eigenvalue weighted by atomic mass is 10.2. The van der Waals surface area contributed by atoms with Gasteiger partial charge in [-0.1, -0.05) is 0 Å². The highest BCUT2D eigenvalue weighted by atomic mass is 19.1. The predicted octanol–water partition coefficient (Wildman–Crippen LogP) is 1.59. The van der Waals surface area contributed by atoms with Gasteiger partial charge in [0.2, 0.25) is 0 Å². The number of likely N-dealkylation sites (N-methyl/N-ethyl adjacent to an activating group) is 1. The normalized spacial score (nSPS) is 15.9. The standard InChI is InChI=1S/C14H19FN2O2/c1-9(14(18)16-2)19-13-6-3-11(15)7-10(13)8-17-12-4-5-12/h3,6-7,9,12,17H,4-5,8H2,1-2H3,(H,16,18). The number of carbonyl (C=O) groups is 1. The molecule has 104 valence electrons. The van der Waals surface area contributed by atoms with E-state index in [4.69, 9.17) is 4.74 Å². The Kier molecular flexibility index (Phi) is 4.37. The Balaban J connectivity index is 2.06.